The van der Waals surface area contributed by atoms with Crippen LogP contribution in [0.2, 0.25) is 0 Å². The summed E-state index contributed by atoms with van der Waals surface area (Å²) >= 11 is 3.32. The minimum absolute atomic E-state index is 0.0402. The molecule has 132 valence electrons. The van der Waals surface area contributed by atoms with Gasteiger partial charge in [0.1, 0.15) is 11.4 Å². The Labute approximate surface area is 155 Å². The Kier molecular flexibility index (Phi) is 4.13. The van der Waals surface area contributed by atoms with Gasteiger partial charge in [-0.3, -0.25) is 9.59 Å². The van der Waals surface area contributed by atoms with Crippen molar-refractivity contribution in [2.75, 3.05) is 13.2 Å². The average molecular weight is 418 g/mol. The summed E-state index contributed by atoms with van der Waals surface area (Å²) in [6, 6.07) is 9.94. The lowest BCUT2D eigenvalue weighted by atomic mass is 9.98. The van der Waals surface area contributed by atoms with Crippen LogP contribution in [-0.4, -0.2) is 29.1 Å². The topological polar surface area (TPSA) is 70.8 Å². The van der Waals surface area contributed by atoms with Crippen molar-refractivity contribution >= 4 is 32.8 Å². The maximum absolute atomic E-state index is 14.4. The minimum atomic E-state index is -0.939. The van der Waals surface area contributed by atoms with Crippen LogP contribution in [0.3, 0.4) is 0 Å². The second-order valence-corrected chi connectivity index (χ2v) is 6.88. The van der Waals surface area contributed by atoms with E-state index in [2.05, 4.69) is 15.9 Å². The van der Waals surface area contributed by atoms with Crippen LogP contribution < -0.4 is 5.43 Å². The number of hydrogen-bond donors (Lipinski definition) is 1. The Bertz CT molecular complexity index is 1090. The van der Waals surface area contributed by atoms with Crippen LogP contribution in [0.4, 0.5) is 4.39 Å². The van der Waals surface area contributed by atoms with E-state index in [1.807, 2.05) is 0 Å². The van der Waals surface area contributed by atoms with Gasteiger partial charge in [-0.1, -0.05) is 34.1 Å². The molecule has 1 aliphatic rings. The molecule has 0 unspecified atom stereocenters. The third kappa shape index (κ3) is 2.47. The molecule has 0 spiro atoms. The Morgan fingerprint density at radius 2 is 1.96 bits per heavy atom. The Hall–Kier alpha value is -2.51. The van der Waals surface area contributed by atoms with Gasteiger partial charge in [-0.2, -0.15) is 0 Å². The van der Waals surface area contributed by atoms with Gasteiger partial charge >= 0.3 is 0 Å². The number of benzene rings is 2. The maximum Gasteiger partial charge on any atom is 0.290 e. The molecule has 0 bridgehead atoms. The van der Waals surface area contributed by atoms with Crippen molar-refractivity contribution in [2.45, 2.75) is 6.04 Å². The van der Waals surface area contributed by atoms with Crippen LogP contribution in [-0.2, 0) is 0 Å². The highest BCUT2D eigenvalue weighted by Gasteiger charge is 2.43. The molecule has 1 amide bonds. The minimum Gasteiger partial charge on any atom is -0.450 e. The summed E-state index contributed by atoms with van der Waals surface area (Å²) in [5.41, 5.74) is 0.182. The molecule has 0 saturated heterocycles. The van der Waals surface area contributed by atoms with Gasteiger partial charge in [0.2, 0.25) is 5.76 Å². The molecule has 3 aromatic rings. The van der Waals surface area contributed by atoms with Crippen molar-refractivity contribution in [1.82, 2.24) is 4.90 Å². The molecule has 1 aromatic heterocycles. The summed E-state index contributed by atoms with van der Waals surface area (Å²) in [4.78, 5) is 27.2. The van der Waals surface area contributed by atoms with Gasteiger partial charge in [-0.15, -0.1) is 0 Å². The lowest BCUT2D eigenvalue weighted by molar-refractivity contribution is 0.0689. The first kappa shape index (κ1) is 16.9. The molecule has 0 aliphatic carbocycles. The molecule has 2 heterocycles. The van der Waals surface area contributed by atoms with E-state index in [1.165, 1.54) is 23.1 Å². The number of halogens is 2. The Morgan fingerprint density at radius 3 is 2.69 bits per heavy atom. The number of rotatable bonds is 3. The number of amides is 1. The van der Waals surface area contributed by atoms with Crippen LogP contribution in [0.1, 0.15) is 27.7 Å². The molecular weight excluding hydrogens is 405 g/mol. The summed E-state index contributed by atoms with van der Waals surface area (Å²) in [6.07, 6.45) is 0. The zero-order chi connectivity index (χ0) is 18.4. The van der Waals surface area contributed by atoms with E-state index in [0.29, 0.717) is 9.86 Å². The highest BCUT2D eigenvalue weighted by atomic mass is 79.9. The average Bonchev–Trinajstić information content (AvgIpc) is 2.89. The van der Waals surface area contributed by atoms with Crippen molar-refractivity contribution < 1.29 is 18.7 Å². The number of carbonyl (C=O) groups excluding carboxylic acids is 1. The number of hydrogen-bond acceptors (Lipinski definition) is 4. The molecule has 4 rings (SSSR count). The van der Waals surface area contributed by atoms with E-state index in [1.54, 1.807) is 24.3 Å². The molecule has 2 aromatic carbocycles. The molecule has 1 aliphatic heterocycles. The van der Waals surface area contributed by atoms with Gasteiger partial charge in [0.25, 0.3) is 5.91 Å². The maximum atomic E-state index is 14.4. The summed E-state index contributed by atoms with van der Waals surface area (Å²) in [6.45, 7) is -0.356. The zero-order valence-corrected chi connectivity index (χ0v) is 15.0. The standard InChI is InChI=1S/C19H13BrFNO4/c20-10-5-6-14-12(9-10)17(24)15-16(11-3-1-2-4-13(11)21)22(7-8-23)19(25)18(15)26-14/h1-6,9,16,23H,7-8H2/t16-/m0/s1. The first-order valence-corrected chi connectivity index (χ1v) is 8.74. The molecule has 5 nitrogen and oxygen atoms in total. The summed E-state index contributed by atoms with van der Waals surface area (Å²) in [5.74, 6) is -1.18. The first-order valence-electron chi connectivity index (χ1n) is 7.95. The zero-order valence-electron chi connectivity index (χ0n) is 13.4. The number of aliphatic hydroxyl groups is 1. The third-order valence-corrected chi connectivity index (χ3v) is 4.96. The second kappa shape index (κ2) is 6.34. The fourth-order valence-corrected chi connectivity index (χ4v) is 3.71. The summed E-state index contributed by atoms with van der Waals surface area (Å²) in [7, 11) is 0. The highest BCUT2D eigenvalue weighted by molar-refractivity contribution is 9.10. The molecule has 7 heteroatoms. The lowest BCUT2D eigenvalue weighted by Gasteiger charge is -2.24. The SMILES string of the molecule is O=C1c2oc3ccc(Br)cc3c(=O)c2[C@H](c2ccccc2F)N1CCO. The lowest BCUT2D eigenvalue weighted by Crippen LogP contribution is -2.32. The molecule has 0 fully saturated rings. The van der Waals surface area contributed by atoms with Gasteiger partial charge in [0, 0.05) is 16.6 Å². The van der Waals surface area contributed by atoms with Crippen molar-refractivity contribution in [3.8, 4) is 0 Å². The van der Waals surface area contributed by atoms with Crippen LogP contribution in [0.25, 0.3) is 11.0 Å². The van der Waals surface area contributed by atoms with Gasteiger partial charge in [0.05, 0.1) is 23.6 Å². The van der Waals surface area contributed by atoms with E-state index >= 15 is 0 Å². The van der Waals surface area contributed by atoms with Crippen molar-refractivity contribution in [2.24, 2.45) is 0 Å². The van der Waals surface area contributed by atoms with Gasteiger partial charge in [-0.05, 0) is 24.3 Å². The molecule has 26 heavy (non-hydrogen) atoms. The number of aliphatic hydroxyl groups excluding tert-OH is 1. The summed E-state index contributed by atoms with van der Waals surface area (Å²) in [5, 5.41) is 9.65. The second-order valence-electron chi connectivity index (χ2n) is 5.96. The van der Waals surface area contributed by atoms with E-state index in [9.17, 15) is 19.1 Å². The van der Waals surface area contributed by atoms with Crippen LogP contribution >= 0.6 is 15.9 Å². The number of nitrogens with zero attached hydrogens (tertiary/aromatic N) is 1. The van der Waals surface area contributed by atoms with Gasteiger partial charge < -0.3 is 14.4 Å². The number of carbonyl (C=O) groups is 1. The van der Waals surface area contributed by atoms with Crippen molar-refractivity contribution in [3.63, 3.8) is 0 Å². The van der Waals surface area contributed by atoms with Crippen LogP contribution in [0.15, 0.2) is 56.1 Å². The molecule has 0 saturated carbocycles. The van der Waals surface area contributed by atoms with E-state index in [-0.39, 0.29) is 41.1 Å². The summed E-state index contributed by atoms with van der Waals surface area (Å²) < 4.78 is 20.8. The first-order chi connectivity index (χ1) is 12.5. The smallest absolute Gasteiger partial charge is 0.290 e. The molecule has 0 radical (unpaired) electrons. The number of β-amino-alcohol motifs (C(OH)–C–C–N with tert-alkyl or cyclic N) is 1. The normalized spacial score (nSPS) is 16.3. The van der Waals surface area contributed by atoms with Gasteiger partial charge in [0.15, 0.2) is 5.43 Å². The fourth-order valence-electron chi connectivity index (χ4n) is 3.35. The Balaban J connectivity index is 2.05. The van der Waals surface area contributed by atoms with Crippen molar-refractivity contribution in [3.05, 3.63) is 79.9 Å². The Morgan fingerprint density at radius 1 is 1.19 bits per heavy atom. The number of fused-ring (bicyclic) bond motifs is 2. The van der Waals surface area contributed by atoms with E-state index < -0.39 is 17.8 Å². The largest absolute Gasteiger partial charge is 0.450 e. The predicted octanol–water partition coefficient (Wildman–Crippen LogP) is 3.23. The molecule has 1 N–H and O–H groups in total. The van der Waals surface area contributed by atoms with Gasteiger partial charge in [-0.25, -0.2) is 4.39 Å². The van der Waals surface area contributed by atoms with E-state index in [0.717, 1.165) is 0 Å². The predicted molar refractivity (Wildman–Crippen MR) is 96.5 cm³/mol. The third-order valence-electron chi connectivity index (χ3n) is 4.47. The monoisotopic (exact) mass is 417 g/mol. The van der Waals surface area contributed by atoms with Crippen LogP contribution in [0.5, 0.6) is 0 Å². The quantitative estimate of drug-likeness (QED) is 0.709. The van der Waals surface area contributed by atoms with E-state index in [4.69, 9.17) is 4.42 Å². The molecule has 1 atom stereocenters. The molecular formula is C19H13BrFNO4. The fraction of sp³-hybridized carbons (Fsp3) is 0.158. The van der Waals surface area contributed by atoms with Crippen molar-refractivity contribution in [1.29, 1.82) is 0 Å². The van der Waals surface area contributed by atoms with Crippen LogP contribution in [0, 0.1) is 5.82 Å². The highest BCUT2D eigenvalue weighted by Crippen LogP contribution is 2.38.